The maximum absolute atomic E-state index is 6.24. The molecule has 0 atom stereocenters. The molecule has 3 nitrogen and oxygen atoms in total. The maximum atomic E-state index is 6.24. The summed E-state index contributed by atoms with van der Waals surface area (Å²) in [4.78, 5) is 7.30. The second-order valence-corrected chi connectivity index (χ2v) is 13.6. The van der Waals surface area contributed by atoms with Gasteiger partial charge in [-0.3, -0.25) is 0 Å². The largest absolute Gasteiger partial charge is 0.436 e. The van der Waals surface area contributed by atoms with E-state index in [2.05, 4.69) is 175 Å². The minimum Gasteiger partial charge on any atom is -0.436 e. The second-order valence-electron chi connectivity index (χ2n) is 13.6. The van der Waals surface area contributed by atoms with Crippen LogP contribution < -0.4 is 4.90 Å². The highest BCUT2D eigenvalue weighted by Gasteiger charge is 2.16. The average Bonchev–Trinajstić information content (AvgIpc) is 3.70. The van der Waals surface area contributed by atoms with Gasteiger partial charge in [-0.05, 0) is 104 Å². The van der Waals surface area contributed by atoms with Crippen LogP contribution in [0.25, 0.3) is 77.5 Å². The number of benzene rings is 9. The van der Waals surface area contributed by atoms with Crippen LogP contribution in [-0.4, -0.2) is 4.98 Å². The van der Waals surface area contributed by atoms with Crippen LogP contribution in [0.5, 0.6) is 0 Å². The minimum atomic E-state index is 0.635. The van der Waals surface area contributed by atoms with Gasteiger partial charge in [0.2, 0.25) is 5.89 Å². The van der Waals surface area contributed by atoms with Crippen LogP contribution in [0.4, 0.5) is 17.1 Å². The zero-order valence-electron chi connectivity index (χ0n) is 29.4. The van der Waals surface area contributed by atoms with Crippen molar-refractivity contribution in [2.45, 2.75) is 0 Å². The number of hydrogen-bond donors (Lipinski definition) is 0. The first-order valence-electron chi connectivity index (χ1n) is 18.3. The zero-order chi connectivity index (χ0) is 35.8. The molecule has 3 heteroatoms. The first-order valence-corrected chi connectivity index (χ1v) is 18.3. The summed E-state index contributed by atoms with van der Waals surface area (Å²) in [6.07, 6.45) is 0. The van der Waals surface area contributed by atoms with Crippen LogP contribution >= 0.6 is 0 Å². The van der Waals surface area contributed by atoms with Gasteiger partial charge in [-0.1, -0.05) is 152 Å². The van der Waals surface area contributed by atoms with Crippen molar-refractivity contribution < 1.29 is 4.42 Å². The van der Waals surface area contributed by atoms with Gasteiger partial charge in [0.15, 0.2) is 5.58 Å². The first-order chi connectivity index (χ1) is 26.8. The predicted molar refractivity (Wildman–Crippen MR) is 225 cm³/mol. The molecule has 1 heterocycles. The zero-order valence-corrected chi connectivity index (χ0v) is 29.4. The van der Waals surface area contributed by atoms with Gasteiger partial charge in [0.1, 0.15) is 5.52 Å². The Labute approximate surface area is 314 Å². The van der Waals surface area contributed by atoms with Crippen LogP contribution in [0.2, 0.25) is 0 Å². The lowest BCUT2D eigenvalue weighted by molar-refractivity contribution is 0.620. The van der Waals surface area contributed by atoms with E-state index in [0.717, 1.165) is 66.8 Å². The fourth-order valence-corrected chi connectivity index (χ4v) is 7.64. The summed E-state index contributed by atoms with van der Waals surface area (Å²) in [6.45, 7) is 0. The Bertz CT molecular complexity index is 2890. The number of aromatic nitrogens is 1. The summed E-state index contributed by atoms with van der Waals surface area (Å²) in [5.41, 5.74) is 13.0. The van der Waals surface area contributed by atoms with Gasteiger partial charge in [0.05, 0.1) is 0 Å². The minimum absolute atomic E-state index is 0.635. The molecule has 0 bridgehead atoms. The number of para-hydroxylation sites is 1. The normalized spacial score (nSPS) is 11.3. The van der Waals surface area contributed by atoms with Crippen LogP contribution in [0, 0.1) is 0 Å². The Balaban J connectivity index is 0.964. The quantitative estimate of drug-likeness (QED) is 0.167. The second kappa shape index (κ2) is 13.4. The van der Waals surface area contributed by atoms with Crippen LogP contribution in [0.3, 0.4) is 0 Å². The number of nitrogens with zero attached hydrogens (tertiary/aromatic N) is 2. The van der Waals surface area contributed by atoms with Gasteiger partial charge >= 0.3 is 0 Å². The molecular formula is C51H34N2O. The van der Waals surface area contributed by atoms with E-state index in [1.807, 2.05) is 36.4 Å². The SMILES string of the molecule is c1ccc(-c2nc3c(ccc4cccc(-c5ccc(-c6ccc(N(c7ccccc7)c7ccc(-c8cccc9ccccc89)cc7)cc6)cc5)c43)o2)cc1. The first kappa shape index (κ1) is 31.5. The van der Waals surface area contributed by atoms with E-state index >= 15 is 0 Å². The van der Waals surface area contributed by atoms with E-state index in [1.165, 1.54) is 21.9 Å². The summed E-state index contributed by atoms with van der Waals surface area (Å²) < 4.78 is 6.24. The van der Waals surface area contributed by atoms with Crippen molar-refractivity contribution in [1.29, 1.82) is 0 Å². The summed E-state index contributed by atoms with van der Waals surface area (Å²) in [5, 5.41) is 4.75. The molecule has 0 unspecified atom stereocenters. The van der Waals surface area contributed by atoms with Gasteiger partial charge in [-0.25, -0.2) is 4.98 Å². The highest BCUT2D eigenvalue weighted by Crippen LogP contribution is 2.39. The van der Waals surface area contributed by atoms with Crippen molar-refractivity contribution in [3.63, 3.8) is 0 Å². The summed E-state index contributed by atoms with van der Waals surface area (Å²) >= 11 is 0. The van der Waals surface area contributed by atoms with E-state index in [1.54, 1.807) is 0 Å². The number of fused-ring (bicyclic) bond motifs is 4. The number of anilines is 3. The van der Waals surface area contributed by atoms with E-state index in [4.69, 9.17) is 9.40 Å². The Hall–Kier alpha value is -7.23. The van der Waals surface area contributed by atoms with Crippen molar-refractivity contribution in [2.75, 3.05) is 4.90 Å². The van der Waals surface area contributed by atoms with Gasteiger partial charge in [-0.15, -0.1) is 0 Å². The van der Waals surface area contributed by atoms with Crippen molar-refractivity contribution in [3.05, 3.63) is 206 Å². The molecule has 0 spiro atoms. The lowest BCUT2D eigenvalue weighted by Gasteiger charge is -2.26. The lowest BCUT2D eigenvalue weighted by atomic mass is 9.95. The average molecular weight is 691 g/mol. The Morgan fingerprint density at radius 2 is 0.870 bits per heavy atom. The lowest BCUT2D eigenvalue weighted by Crippen LogP contribution is -2.09. The molecule has 0 saturated carbocycles. The number of rotatable bonds is 7. The molecule has 0 saturated heterocycles. The van der Waals surface area contributed by atoms with Gasteiger partial charge in [-0.2, -0.15) is 0 Å². The molecule has 0 aliphatic carbocycles. The van der Waals surface area contributed by atoms with E-state index in [0.29, 0.717) is 5.89 Å². The summed E-state index contributed by atoms with van der Waals surface area (Å²) in [7, 11) is 0. The molecule has 0 N–H and O–H groups in total. The maximum Gasteiger partial charge on any atom is 0.227 e. The molecule has 254 valence electrons. The number of oxazole rings is 1. The molecule has 0 fully saturated rings. The fourth-order valence-electron chi connectivity index (χ4n) is 7.64. The highest BCUT2D eigenvalue weighted by molar-refractivity contribution is 6.12. The topological polar surface area (TPSA) is 29.3 Å². The third kappa shape index (κ3) is 5.69. The van der Waals surface area contributed by atoms with Crippen LogP contribution in [-0.2, 0) is 0 Å². The van der Waals surface area contributed by atoms with Gasteiger partial charge in [0, 0.05) is 28.0 Å². The molecule has 1 aromatic heterocycles. The highest BCUT2D eigenvalue weighted by atomic mass is 16.3. The number of hydrogen-bond acceptors (Lipinski definition) is 3. The van der Waals surface area contributed by atoms with E-state index < -0.39 is 0 Å². The Morgan fingerprint density at radius 3 is 1.59 bits per heavy atom. The fraction of sp³-hybridized carbons (Fsp3) is 0. The third-order valence-electron chi connectivity index (χ3n) is 10.3. The Kier molecular flexibility index (Phi) is 7.81. The Morgan fingerprint density at radius 1 is 0.352 bits per heavy atom. The van der Waals surface area contributed by atoms with Crippen molar-refractivity contribution in [1.82, 2.24) is 4.98 Å². The standard InChI is InChI=1S/C51H34N2O/c1-3-12-41(13-4-1)51-52-50-48(54-51)34-29-40-15-10-20-47(49(40)50)39-23-21-35(22-24-39)36-25-30-43(31-26-36)53(42-16-5-2-6-17-42)44-32-27-38(28-33-44)46-19-9-14-37-11-7-8-18-45(37)46/h1-34H. The predicted octanol–water partition coefficient (Wildman–Crippen LogP) is 14.3. The van der Waals surface area contributed by atoms with Crippen LogP contribution in [0.1, 0.15) is 0 Å². The van der Waals surface area contributed by atoms with Gasteiger partial charge < -0.3 is 9.32 Å². The molecule has 0 aliphatic heterocycles. The molecule has 10 rings (SSSR count). The van der Waals surface area contributed by atoms with Crippen molar-refractivity contribution in [2.24, 2.45) is 0 Å². The molecule has 0 radical (unpaired) electrons. The van der Waals surface area contributed by atoms with Gasteiger partial charge in [0.25, 0.3) is 0 Å². The smallest absolute Gasteiger partial charge is 0.227 e. The molecule has 0 amide bonds. The van der Waals surface area contributed by atoms with Crippen molar-refractivity contribution >= 4 is 49.7 Å². The summed E-state index contributed by atoms with van der Waals surface area (Å²) in [6, 6.07) is 72.9. The van der Waals surface area contributed by atoms with Crippen molar-refractivity contribution in [3.8, 4) is 44.8 Å². The monoisotopic (exact) mass is 690 g/mol. The van der Waals surface area contributed by atoms with Crippen LogP contribution in [0.15, 0.2) is 211 Å². The molecular weight excluding hydrogens is 657 g/mol. The molecule has 54 heavy (non-hydrogen) atoms. The molecule has 10 aromatic rings. The molecule has 0 aliphatic rings. The third-order valence-corrected chi connectivity index (χ3v) is 10.3. The van der Waals surface area contributed by atoms with E-state index in [9.17, 15) is 0 Å². The van der Waals surface area contributed by atoms with E-state index in [-0.39, 0.29) is 0 Å². The summed E-state index contributed by atoms with van der Waals surface area (Å²) in [5.74, 6) is 0.635. The molecule has 9 aromatic carbocycles.